The fourth-order valence-electron chi connectivity index (χ4n) is 4.14. The number of aliphatic carboxylic acids is 2. The highest BCUT2D eigenvalue weighted by molar-refractivity contribution is 7.90. The molecule has 0 saturated heterocycles. The van der Waals surface area contributed by atoms with Gasteiger partial charge in [0.1, 0.15) is 12.0 Å². The van der Waals surface area contributed by atoms with Crippen LogP contribution < -0.4 is 4.90 Å². The van der Waals surface area contributed by atoms with Crippen LogP contribution in [0, 0.1) is 0 Å². The summed E-state index contributed by atoms with van der Waals surface area (Å²) in [6, 6.07) is 11.3. The molecular weight excluding hydrogens is 624 g/mol. The fourth-order valence-corrected chi connectivity index (χ4v) is 4.77. The second kappa shape index (κ2) is 12.9. The largest absolute Gasteiger partial charge is 0.490 e. The van der Waals surface area contributed by atoms with E-state index in [0.29, 0.717) is 11.4 Å². The molecule has 1 atom stereocenters. The zero-order valence-corrected chi connectivity index (χ0v) is 23.5. The van der Waals surface area contributed by atoms with Gasteiger partial charge >= 0.3 is 24.3 Å². The summed E-state index contributed by atoms with van der Waals surface area (Å²) in [5.74, 6) is -5.51. The molecule has 44 heavy (non-hydrogen) atoms. The summed E-state index contributed by atoms with van der Waals surface area (Å²) in [5, 5.41) is 15.3. The first-order valence-electron chi connectivity index (χ1n) is 12.2. The lowest BCUT2D eigenvalue weighted by Crippen LogP contribution is -2.39. The minimum Gasteiger partial charge on any atom is -0.475 e. The van der Waals surface area contributed by atoms with Crippen LogP contribution in [0.15, 0.2) is 60.0 Å². The quantitative estimate of drug-likeness (QED) is 0.267. The van der Waals surface area contributed by atoms with Crippen LogP contribution in [0.25, 0.3) is 22.3 Å². The summed E-state index contributed by atoms with van der Waals surface area (Å²) >= 11 is 0. The van der Waals surface area contributed by atoms with Gasteiger partial charge in [-0.05, 0) is 31.2 Å². The van der Waals surface area contributed by atoms with Gasteiger partial charge in [-0.15, -0.1) is 0 Å². The number of carboxylic acid groups (broad SMARTS) is 2. The maximum atomic E-state index is 11.8. The molecular formula is C26H23F6N5O6S. The van der Waals surface area contributed by atoms with E-state index in [1.54, 1.807) is 18.5 Å². The number of halogens is 6. The van der Waals surface area contributed by atoms with E-state index in [4.69, 9.17) is 19.8 Å². The zero-order chi connectivity index (χ0) is 33.0. The van der Waals surface area contributed by atoms with Gasteiger partial charge in [0.15, 0.2) is 9.84 Å². The van der Waals surface area contributed by atoms with Crippen LogP contribution in [-0.2, 0) is 32.4 Å². The summed E-state index contributed by atoms with van der Waals surface area (Å²) < 4.78 is 87.1. The number of nitrogens with zero attached hydrogens (tertiary/aromatic N) is 4. The number of anilines is 1. The zero-order valence-electron chi connectivity index (χ0n) is 22.7. The number of benzene rings is 1. The van der Waals surface area contributed by atoms with Gasteiger partial charge in [-0.2, -0.15) is 26.3 Å². The predicted octanol–water partition coefficient (Wildman–Crippen LogP) is 4.64. The second-order valence-electron chi connectivity index (χ2n) is 9.30. The highest BCUT2D eigenvalue weighted by atomic mass is 32.2. The number of carbonyl (C=O) groups is 2. The van der Waals surface area contributed by atoms with E-state index in [-0.39, 0.29) is 6.04 Å². The van der Waals surface area contributed by atoms with Crippen molar-refractivity contribution in [1.82, 2.24) is 19.9 Å². The summed E-state index contributed by atoms with van der Waals surface area (Å²) in [7, 11) is -3.24. The van der Waals surface area contributed by atoms with Crippen molar-refractivity contribution in [2.45, 2.75) is 43.2 Å². The van der Waals surface area contributed by atoms with Crippen molar-refractivity contribution in [1.29, 1.82) is 0 Å². The van der Waals surface area contributed by atoms with Gasteiger partial charge in [0.2, 0.25) is 0 Å². The first-order valence-corrected chi connectivity index (χ1v) is 14.1. The number of alkyl halides is 6. The van der Waals surface area contributed by atoms with Crippen LogP contribution in [0.2, 0.25) is 0 Å². The van der Waals surface area contributed by atoms with Crippen molar-refractivity contribution in [2.75, 3.05) is 11.2 Å². The van der Waals surface area contributed by atoms with Crippen LogP contribution in [0.5, 0.6) is 0 Å². The van der Waals surface area contributed by atoms with Gasteiger partial charge in [0.05, 0.1) is 16.3 Å². The number of H-pyrrole nitrogens is 1. The van der Waals surface area contributed by atoms with Crippen molar-refractivity contribution in [3.05, 3.63) is 66.4 Å². The van der Waals surface area contributed by atoms with Crippen molar-refractivity contribution in [3.63, 3.8) is 0 Å². The molecule has 3 N–H and O–H groups in total. The Balaban J connectivity index is 0.000000317. The third kappa shape index (κ3) is 8.21. The number of fused-ring (bicyclic) bond motifs is 2. The number of nitrogens with one attached hydrogen (secondary N) is 1. The number of aromatic nitrogens is 4. The lowest BCUT2D eigenvalue weighted by molar-refractivity contribution is -0.193. The predicted molar refractivity (Wildman–Crippen MR) is 143 cm³/mol. The molecule has 0 radical (unpaired) electrons. The molecule has 0 aliphatic carbocycles. The first-order chi connectivity index (χ1) is 20.3. The van der Waals surface area contributed by atoms with E-state index in [9.17, 15) is 34.8 Å². The van der Waals surface area contributed by atoms with Crippen molar-refractivity contribution >= 4 is 38.5 Å². The monoisotopic (exact) mass is 647 g/mol. The molecule has 0 saturated carbocycles. The minimum atomic E-state index is -5.08. The number of hydrogen-bond donors (Lipinski definition) is 3. The summed E-state index contributed by atoms with van der Waals surface area (Å²) in [6.07, 6.45) is -2.83. The Labute approximate surface area is 245 Å². The van der Waals surface area contributed by atoms with Gasteiger partial charge in [0, 0.05) is 59.9 Å². The lowest BCUT2D eigenvalue weighted by Gasteiger charge is -2.37. The van der Waals surface area contributed by atoms with E-state index in [0.717, 1.165) is 45.7 Å². The summed E-state index contributed by atoms with van der Waals surface area (Å²) in [5.41, 5.74) is 5.83. The van der Waals surface area contributed by atoms with Crippen molar-refractivity contribution in [2.24, 2.45) is 0 Å². The topological polar surface area (TPSA) is 166 Å². The summed E-state index contributed by atoms with van der Waals surface area (Å²) in [4.78, 5) is 37.1. The molecule has 11 nitrogen and oxygen atoms in total. The highest BCUT2D eigenvalue weighted by Crippen LogP contribution is 2.35. The summed E-state index contributed by atoms with van der Waals surface area (Å²) in [6.45, 7) is 2.87. The van der Waals surface area contributed by atoms with Crippen LogP contribution in [0.4, 0.5) is 32.0 Å². The van der Waals surface area contributed by atoms with Gasteiger partial charge in [-0.25, -0.2) is 33.0 Å². The molecule has 0 amide bonds. The molecule has 5 rings (SSSR count). The molecule has 236 valence electrons. The molecule has 0 fully saturated rings. The normalized spacial score (nSPS) is 14.9. The van der Waals surface area contributed by atoms with Gasteiger partial charge in [-0.1, -0.05) is 12.1 Å². The smallest absolute Gasteiger partial charge is 0.475 e. The van der Waals surface area contributed by atoms with Gasteiger partial charge < -0.3 is 20.1 Å². The lowest BCUT2D eigenvalue weighted by atomic mass is 9.95. The van der Waals surface area contributed by atoms with E-state index in [1.807, 2.05) is 36.7 Å². The third-order valence-corrected chi connectivity index (χ3v) is 7.30. The molecule has 18 heteroatoms. The maximum absolute atomic E-state index is 11.8. The van der Waals surface area contributed by atoms with Crippen molar-refractivity contribution < 1.29 is 54.6 Å². The average Bonchev–Trinajstić information content (AvgIpc) is 3.41. The number of pyridine rings is 1. The number of hydrogen-bond acceptors (Lipinski definition) is 8. The Kier molecular flexibility index (Phi) is 9.87. The molecule has 1 unspecified atom stereocenters. The van der Waals surface area contributed by atoms with E-state index in [2.05, 4.69) is 31.8 Å². The highest BCUT2D eigenvalue weighted by Gasteiger charge is 2.39. The number of sulfone groups is 1. The Bertz CT molecular complexity index is 1730. The van der Waals surface area contributed by atoms with E-state index >= 15 is 0 Å². The Morgan fingerprint density at radius 3 is 2.02 bits per heavy atom. The van der Waals surface area contributed by atoms with Crippen LogP contribution in [0.1, 0.15) is 18.2 Å². The molecule has 0 bridgehead atoms. The van der Waals surface area contributed by atoms with Crippen LogP contribution in [0.3, 0.4) is 0 Å². The standard InChI is InChI=1S/C22H21N5O2S.2C2HF3O2/c1-14-11-19-18(12-27(14)20-8-10-24-22-17(20)7-9-23-22)21(26-13-25-19)15-3-5-16(6-4-15)30(2,28)29;2*3-2(4,5)1(6)7/h3-10,13-14H,11-12H2,1-2H3,(H,23,24);2*(H,6,7). The van der Waals surface area contributed by atoms with E-state index < -0.39 is 34.1 Å². The Morgan fingerprint density at radius 2 is 1.50 bits per heavy atom. The number of carboxylic acids is 2. The molecule has 0 spiro atoms. The second-order valence-corrected chi connectivity index (χ2v) is 11.3. The molecule has 4 heterocycles. The molecule has 4 aromatic rings. The molecule has 1 aliphatic heterocycles. The third-order valence-electron chi connectivity index (χ3n) is 6.17. The first kappa shape index (κ1) is 33.8. The number of rotatable bonds is 3. The molecule has 1 aliphatic rings. The Morgan fingerprint density at radius 1 is 0.932 bits per heavy atom. The van der Waals surface area contributed by atoms with Crippen LogP contribution in [-0.4, -0.2) is 75.2 Å². The SMILES string of the molecule is CC1Cc2ncnc(-c3ccc(S(C)(=O)=O)cc3)c2CN1c1ccnc2[nH]ccc12.O=C(O)C(F)(F)F.O=C(O)C(F)(F)F. The Hall–Kier alpha value is -4.74. The fraction of sp³-hybridized carbons (Fsp3) is 0.269. The average molecular weight is 648 g/mol. The van der Waals surface area contributed by atoms with Crippen molar-refractivity contribution in [3.8, 4) is 11.3 Å². The maximum Gasteiger partial charge on any atom is 0.490 e. The molecule has 3 aromatic heterocycles. The van der Waals surface area contributed by atoms with Gasteiger partial charge in [0.25, 0.3) is 0 Å². The van der Waals surface area contributed by atoms with Crippen LogP contribution >= 0.6 is 0 Å². The molecule has 1 aromatic carbocycles. The minimum absolute atomic E-state index is 0.272. The number of aromatic amines is 1. The van der Waals surface area contributed by atoms with E-state index in [1.165, 1.54) is 6.26 Å². The van der Waals surface area contributed by atoms with Gasteiger partial charge in [-0.3, -0.25) is 0 Å².